The van der Waals surface area contributed by atoms with Gasteiger partial charge < -0.3 is 9.80 Å². The first-order valence-corrected chi connectivity index (χ1v) is 12.7. The minimum atomic E-state index is -3.28. The number of nitrogens with zero attached hydrogens (tertiary/aromatic N) is 4. The second kappa shape index (κ2) is 7.96. The van der Waals surface area contributed by atoms with Crippen molar-refractivity contribution < 1.29 is 22.8 Å². The van der Waals surface area contributed by atoms with Gasteiger partial charge in [-0.25, -0.2) is 8.42 Å². The first-order valence-electron chi connectivity index (χ1n) is 10.8. The van der Waals surface area contributed by atoms with Gasteiger partial charge in [0.15, 0.2) is 0 Å². The van der Waals surface area contributed by atoms with Crippen molar-refractivity contribution in [2.75, 3.05) is 43.9 Å². The SMILES string of the molecule is CS(=O)(=O)N1CCN(C(=O)CCN2C(=O)c3ccccc3N3C(=O)c4ccccc4C23)CC1. The van der Waals surface area contributed by atoms with Crippen LogP contribution in [0.4, 0.5) is 5.69 Å². The number of anilines is 1. The third-order valence-electron chi connectivity index (χ3n) is 6.51. The molecule has 3 aliphatic rings. The predicted octanol–water partition coefficient (Wildman–Crippen LogP) is 1.30. The van der Waals surface area contributed by atoms with Crippen LogP contribution >= 0.6 is 0 Å². The molecule has 3 aliphatic heterocycles. The Hall–Kier alpha value is -3.24. The third-order valence-corrected chi connectivity index (χ3v) is 7.81. The van der Waals surface area contributed by atoms with Gasteiger partial charge in [-0.15, -0.1) is 0 Å². The fourth-order valence-corrected chi connectivity index (χ4v) is 5.67. The van der Waals surface area contributed by atoms with Crippen LogP contribution in [0.15, 0.2) is 48.5 Å². The summed E-state index contributed by atoms with van der Waals surface area (Å²) in [6.45, 7) is 1.32. The number of sulfonamides is 1. The van der Waals surface area contributed by atoms with Crippen LogP contribution in [-0.4, -0.2) is 79.2 Å². The van der Waals surface area contributed by atoms with Crippen LogP contribution in [0.5, 0.6) is 0 Å². The summed E-state index contributed by atoms with van der Waals surface area (Å²) in [4.78, 5) is 44.4. The van der Waals surface area contributed by atoms with E-state index in [4.69, 9.17) is 0 Å². The molecule has 1 unspecified atom stereocenters. The topological polar surface area (TPSA) is 98.3 Å². The number of piperazine rings is 1. The first kappa shape index (κ1) is 21.6. The highest BCUT2D eigenvalue weighted by molar-refractivity contribution is 7.88. The Morgan fingerprint density at radius 2 is 1.55 bits per heavy atom. The highest BCUT2D eigenvalue weighted by atomic mass is 32.2. The lowest BCUT2D eigenvalue weighted by Crippen LogP contribution is -2.52. The molecule has 0 saturated carbocycles. The molecule has 0 spiro atoms. The van der Waals surface area contributed by atoms with Gasteiger partial charge in [0.05, 0.1) is 17.5 Å². The molecule has 0 N–H and O–H groups in total. The number of para-hydroxylation sites is 1. The van der Waals surface area contributed by atoms with E-state index in [0.29, 0.717) is 29.9 Å². The fourth-order valence-electron chi connectivity index (χ4n) is 4.84. The molecule has 9 nitrogen and oxygen atoms in total. The summed E-state index contributed by atoms with van der Waals surface area (Å²) in [6.07, 6.45) is 0.663. The quantitative estimate of drug-likeness (QED) is 0.674. The molecule has 10 heteroatoms. The average Bonchev–Trinajstić information content (AvgIpc) is 3.11. The van der Waals surface area contributed by atoms with Gasteiger partial charge in [-0.2, -0.15) is 4.31 Å². The molecule has 33 heavy (non-hydrogen) atoms. The highest BCUT2D eigenvalue weighted by Gasteiger charge is 2.47. The Bertz CT molecular complexity index is 1250. The van der Waals surface area contributed by atoms with Crippen LogP contribution in [0.2, 0.25) is 0 Å². The summed E-state index contributed by atoms with van der Waals surface area (Å²) in [6, 6.07) is 14.3. The Balaban J connectivity index is 1.38. The molecule has 3 amide bonds. The molecule has 0 aliphatic carbocycles. The number of rotatable bonds is 4. The standard InChI is InChI=1S/C23H24N4O5S/c1-33(31,32)25-14-12-24(13-15-25)20(28)10-11-26-21-16-6-2-3-7-17(16)23(30)27(21)19-9-5-4-8-18(19)22(26)29/h2-9,21H,10-15H2,1H3. The second-order valence-electron chi connectivity index (χ2n) is 8.44. The van der Waals surface area contributed by atoms with Crippen LogP contribution in [-0.2, 0) is 14.8 Å². The van der Waals surface area contributed by atoms with E-state index in [-0.39, 0.29) is 43.8 Å². The Morgan fingerprint density at radius 3 is 2.24 bits per heavy atom. The minimum absolute atomic E-state index is 0.0908. The van der Waals surface area contributed by atoms with E-state index >= 15 is 0 Å². The van der Waals surface area contributed by atoms with E-state index in [2.05, 4.69) is 0 Å². The summed E-state index contributed by atoms with van der Waals surface area (Å²) in [5, 5.41) is 0. The molecular weight excluding hydrogens is 444 g/mol. The second-order valence-corrected chi connectivity index (χ2v) is 10.4. The molecule has 172 valence electrons. The maximum Gasteiger partial charge on any atom is 0.260 e. The zero-order valence-corrected chi connectivity index (χ0v) is 19.0. The summed E-state index contributed by atoms with van der Waals surface area (Å²) in [7, 11) is -3.28. The van der Waals surface area contributed by atoms with Gasteiger partial charge >= 0.3 is 0 Å². The lowest BCUT2D eigenvalue weighted by atomic mass is 10.0. The molecule has 2 aromatic carbocycles. The number of hydrogen-bond donors (Lipinski definition) is 0. The molecule has 0 radical (unpaired) electrons. The van der Waals surface area contributed by atoms with E-state index in [0.717, 1.165) is 11.8 Å². The molecule has 3 heterocycles. The number of fused-ring (bicyclic) bond motifs is 5. The maximum absolute atomic E-state index is 13.4. The zero-order valence-electron chi connectivity index (χ0n) is 18.2. The van der Waals surface area contributed by atoms with Gasteiger partial charge in [-0.05, 0) is 18.2 Å². The number of benzene rings is 2. The van der Waals surface area contributed by atoms with Crippen molar-refractivity contribution in [3.05, 3.63) is 65.2 Å². The van der Waals surface area contributed by atoms with Crippen molar-refractivity contribution in [1.82, 2.24) is 14.1 Å². The summed E-state index contributed by atoms with van der Waals surface area (Å²) >= 11 is 0. The van der Waals surface area contributed by atoms with Crippen molar-refractivity contribution in [2.45, 2.75) is 12.6 Å². The van der Waals surface area contributed by atoms with Gasteiger partial charge in [0, 0.05) is 50.3 Å². The maximum atomic E-state index is 13.4. The van der Waals surface area contributed by atoms with Crippen LogP contribution in [0, 0.1) is 0 Å². The normalized spacial score (nSPS) is 20.5. The first-order chi connectivity index (χ1) is 15.8. The largest absolute Gasteiger partial charge is 0.340 e. The predicted molar refractivity (Wildman–Crippen MR) is 121 cm³/mol. The molecule has 5 rings (SSSR count). The molecule has 1 fully saturated rings. The number of hydrogen-bond acceptors (Lipinski definition) is 5. The van der Waals surface area contributed by atoms with Crippen molar-refractivity contribution >= 4 is 33.4 Å². The number of carbonyl (C=O) groups excluding carboxylic acids is 3. The number of amides is 3. The Morgan fingerprint density at radius 1 is 0.909 bits per heavy atom. The monoisotopic (exact) mass is 468 g/mol. The average molecular weight is 469 g/mol. The van der Waals surface area contributed by atoms with Crippen LogP contribution in [0.3, 0.4) is 0 Å². The van der Waals surface area contributed by atoms with E-state index in [1.165, 1.54) is 4.31 Å². The van der Waals surface area contributed by atoms with Gasteiger partial charge in [0.1, 0.15) is 6.17 Å². The molecule has 0 bridgehead atoms. The molecule has 1 saturated heterocycles. The van der Waals surface area contributed by atoms with E-state index in [9.17, 15) is 22.8 Å². The Kier molecular flexibility index (Phi) is 5.21. The minimum Gasteiger partial charge on any atom is -0.340 e. The van der Waals surface area contributed by atoms with E-state index in [1.807, 2.05) is 12.1 Å². The van der Waals surface area contributed by atoms with Crippen LogP contribution < -0.4 is 4.90 Å². The van der Waals surface area contributed by atoms with Crippen LogP contribution in [0.25, 0.3) is 0 Å². The molecule has 1 atom stereocenters. The van der Waals surface area contributed by atoms with Gasteiger partial charge in [0.25, 0.3) is 11.8 Å². The van der Waals surface area contributed by atoms with Crippen molar-refractivity contribution in [2.24, 2.45) is 0 Å². The summed E-state index contributed by atoms with van der Waals surface area (Å²) in [5.41, 5.74) is 2.32. The lowest BCUT2D eigenvalue weighted by molar-refractivity contribution is -0.132. The third kappa shape index (κ3) is 3.59. The Labute approximate surface area is 192 Å². The zero-order chi connectivity index (χ0) is 23.3. The summed E-state index contributed by atoms with van der Waals surface area (Å²) < 4.78 is 24.8. The van der Waals surface area contributed by atoms with Crippen molar-refractivity contribution in [3.8, 4) is 0 Å². The van der Waals surface area contributed by atoms with E-state index < -0.39 is 16.2 Å². The molecule has 2 aromatic rings. The summed E-state index contributed by atoms with van der Waals surface area (Å²) in [5.74, 6) is -0.520. The van der Waals surface area contributed by atoms with Crippen molar-refractivity contribution in [1.29, 1.82) is 0 Å². The van der Waals surface area contributed by atoms with Gasteiger partial charge in [-0.3, -0.25) is 19.3 Å². The van der Waals surface area contributed by atoms with Gasteiger partial charge in [0.2, 0.25) is 15.9 Å². The van der Waals surface area contributed by atoms with Crippen molar-refractivity contribution in [3.63, 3.8) is 0 Å². The van der Waals surface area contributed by atoms with E-state index in [1.54, 1.807) is 51.1 Å². The molecule has 0 aromatic heterocycles. The fraction of sp³-hybridized carbons (Fsp3) is 0.348. The smallest absolute Gasteiger partial charge is 0.260 e. The molecular formula is C23H24N4O5S. The lowest BCUT2D eigenvalue weighted by Gasteiger charge is -2.41. The highest BCUT2D eigenvalue weighted by Crippen LogP contribution is 2.45. The van der Waals surface area contributed by atoms with Crippen LogP contribution in [0.1, 0.15) is 38.9 Å². The van der Waals surface area contributed by atoms with Gasteiger partial charge in [-0.1, -0.05) is 30.3 Å². The number of carbonyl (C=O) groups is 3.